The van der Waals surface area contributed by atoms with Crippen molar-refractivity contribution in [2.75, 3.05) is 11.1 Å². The van der Waals surface area contributed by atoms with E-state index >= 15 is 0 Å². The van der Waals surface area contributed by atoms with E-state index < -0.39 is 0 Å². The van der Waals surface area contributed by atoms with Gasteiger partial charge >= 0.3 is 0 Å². The highest BCUT2D eigenvalue weighted by Gasteiger charge is 2.16. The fourth-order valence-corrected chi connectivity index (χ4v) is 4.23. The Morgan fingerprint density at radius 2 is 1.55 bits per heavy atom. The number of amides is 1. The standard InChI is InChI=1S/C25H22BrN3OS/c1-17-3-11-21(12-4-17)28-24(30)16-31-25-27-15-23(19-7-9-20(26)10-8-19)29(25)22-13-5-18(2)6-14-22/h3-15H,16H2,1-2H3,(H,28,30). The zero-order valence-corrected chi connectivity index (χ0v) is 19.7. The summed E-state index contributed by atoms with van der Waals surface area (Å²) >= 11 is 4.92. The van der Waals surface area contributed by atoms with Crippen LogP contribution < -0.4 is 5.32 Å². The number of anilines is 1. The van der Waals surface area contributed by atoms with Crippen molar-refractivity contribution in [3.8, 4) is 16.9 Å². The van der Waals surface area contributed by atoms with Crippen LogP contribution in [0.1, 0.15) is 11.1 Å². The van der Waals surface area contributed by atoms with E-state index in [0.717, 1.165) is 37.8 Å². The summed E-state index contributed by atoms with van der Waals surface area (Å²) in [5.41, 5.74) is 6.22. The quantitative estimate of drug-likeness (QED) is 0.307. The topological polar surface area (TPSA) is 46.9 Å². The predicted octanol–water partition coefficient (Wildman–Crippen LogP) is 6.65. The molecule has 0 bridgehead atoms. The number of benzene rings is 3. The van der Waals surface area contributed by atoms with Gasteiger partial charge in [-0.05, 0) is 50.2 Å². The third-order valence-electron chi connectivity index (χ3n) is 4.83. The lowest BCUT2D eigenvalue weighted by Gasteiger charge is -2.13. The number of aryl methyl sites for hydroxylation is 2. The molecule has 0 radical (unpaired) electrons. The molecule has 0 spiro atoms. The molecule has 4 nitrogen and oxygen atoms in total. The van der Waals surface area contributed by atoms with Gasteiger partial charge in [0.2, 0.25) is 5.91 Å². The number of hydrogen-bond donors (Lipinski definition) is 1. The van der Waals surface area contributed by atoms with Crippen LogP contribution in [0.15, 0.2) is 88.6 Å². The van der Waals surface area contributed by atoms with Crippen LogP contribution in [0.2, 0.25) is 0 Å². The molecule has 4 rings (SSSR count). The summed E-state index contributed by atoms with van der Waals surface area (Å²) in [5.74, 6) is 0.216. The number of aromatic nitrogens is 2. The first kappa shape index (κ1) is 21.4. The highest BCUT2D eigenvalue weighted by Crippen LogP contribution is 2.30. The molecule has 0 saturated carbocycles. The molecule has 0 aliphatic rings. The maximum absolute atomic E-state index is 12.5. The molecule has 1 amide bonds. The summed E-state index contributed by atoms with van der Waals surface area (Å²) in [5, 5.41) is 3.73. The molecule has 0 saturated heterocycles. The first-order chi connectivity index (χ1) is 15.0. The molecule has 156 valence electrons. The number of halogens is 1. The van der Waals surface area contributed by atoms with Gasteiger partial charge in [0.05, 0.1) is 17.6 Å². The van der Waals surface area contributed by atoms with Gasteiger partial charge in [0.25, 0.3) is 0 Å². The highest BCUT2D eigenvalue weighted by molar-refractivity contribution is 9.10. The van der Waals surface area contributed by atoms with Crippen molar-refractivity contribution in [2.24, 2.45) is 0 Å². The van der Waals surface area contributed by atoms with Gasteiger partial charge in [0, 0.05) is 21.4 Å². The number of hydrogen-bond acceptors (Lipinski definition) is 3. The van der Waals surface area contributed by atoms with Crippen LogP contribution in [0.5, 0.6) is 0 Å². The van der Waals surface area contributed by atoms with Crippen LogP contribution in [-0.4, -0.2) is 21.2 Å². The molecule has 0 aliphatic heterocycles. The van der Waals surface area contributed by atoms with Gasteiger partial charge in [-0.15, -0.1) is 0 Å². The number of nitrogens with zero attached hydrogens (tertiary/aromatic N) is 2. The van der Waals surface area contributed by atoms with Crippen LogP contribution in [-0.2, 0) is 4.79 Å². The number of nitrogens with one attached hydrogen (secondary N) is 1. The highest BCUT2D eigenvalue weighted by atomic mass is 79.9. The lowest BCUT2D eigenvalue weighted by molar-refractivity contribution is -0.113. The second kappa shape index (κ2) is 9.54. The second-order valence-electron chi connectivity index (χ2n) is 7.31. The van der Waals surface area contributed by atoms with E-state index in [2.05, 4.69) is 74.1 Å². The van der Waals surface area contributed by atoms with Crippen LogP contribution in [0, 0.1) is 13.8 Å². The van der Waals surface area contributed by atoms with Gasteiger partial charge in [0.15, 0.2) is 5.16 Å². The minimum atomic E-state index is -0.0579. The number of imidazole rings is 1. The lowest BCUT2D eigenvalue weighted by Crippen LogP contribution is -2.14. The number of carbonyl (C=O) groups excluding carboxylic acids is 1. The summed E-state index contributed by atoms with van der Waals surface area (Å²) in [6.07, 6.45) is 1.86. The van der Waals surface area contributed by atoms with E-state index in [9.17, 15) is 4.79 Å². The monoisotopic (exact) mass is 491 g/mol. The molecule has 6 heteroatoms. The van der Waals surface area contributed by atoms with Crippen molar-refractivity contribution in [1.82, 2.24) is 9.55 Å². The zero-order chi connectivity index (χ0) is 21.8. The summed E-state index contributed by atoms with van der Waals surface area (Å²) in [7, 11) is 0. The molecule has 1 heterocycles. The Labute approximate surface area is 194 Å². The summed E-state index contributed by atoms with van der Waals surface area (Å²) in [4.78, 5) is 17.1. The Kier molecular flexibility index (Phi) is 6.59. The predicted molar refractivity (Wildman–Crippen MR) is 132 cm³/mol. The van der Waals surface area contributed by atoms with E-state index in [1.165, 1.54) is 17.3 Å². The molecular weight excluding hydrogens is 470 g/mol. The van der Waals surface area contributed by atoms with Gasteiger partial charge in [-0.3, -0.25) is 9.36 Å². The lowest BCUT2D eigenvalue weighted by atomic mass is 10.1. The SMILES string of the molecule is Cc1ccc(NC(=O)CSc2ncc(-c3ccc(Br)cc3)n2-c2ccc(C)cc2)cc1. The van der Waals surface area contributed by atoms with E-state index in [-0.39, 0.29) is 11.7 Å². The second-order valence-corrected chi connectivity index (χ2v) is 9.16. The fraction of sp³-hybridized carbons (Fsp3) is 0.120. The van der Waals surface area contributed by atoms with Crippen molar-refractivity contribution in [3.05, 3.63) is 94.6 Å². The van der Waals surface area contributed by atoms with E-state index in [0.29, 0.717) is 0 Å². The van der Waals surface area contributed by atoms with Crippen LogP contribution >= 0.6 is 27.7 Å². The van der Waals surface area contributed by atoms with E-state index in [1.807, 2.05) is 49.5 Å². The molecule has 1 N–H and O–H groups in total. The van der Waals surface area contributed by atoms with Gasteiger partial charge in [0.1, 0.15) is 0 Å². The smallest absolute Gasteiger partial charge is 0.234 e. The average molecular weight is 492 g/mol. The maximum Gasteiger partial charge on any atom is 0.234 e. The van der Waals surface area contributed by atoms with Crippen molar-refractivity contribution in [3.63, 3.8) is 0 Å². The largest absolute Gasteiger partial charge is 0.325 e. The van der Waals surface area contributed by atoms with Crippen LogP contribution in [0.3, 0.4) is 0 Å². The summed E-state index contributed by atoms with van der Waals surface area (Å²) < 4.78 is 3.13. The van der Waals surface area contributed by atoms with Crippen molar-refractivity contribution in [1.29, 1.82) is 0 Å². The van der Waals surface area contributed by atoms with Gasteiger partial charge in [-0.1, -0.05) is 75.2 Å². The Hall–Kier alpha value is -2.83. The minimum absolute atomic E-state index is 0.0579. The molecule has 0 unspecified atom stereocenters. The molecule has 3 aromatic carbocycles. The molecule has 0 atom stereocenters. The molecule has 31 heavy (non-hydrogen) atoms. The number of rotatable bonds is 6. The van der Waals surface area contributed by atoms with Gasteiger partial charge < -0.3 is 5.32 Å². The fourth-order valence-electron chi connectivity index (χ4n) is 3.17. The zero-order valence-electron chi connectivity index (χ0n) is 17.3. The Balaban J connectivity index is 1.59. The van der Waals surface area contributed by atoms with E-state index in [4.69, 9.17) is 0 Å². The molecule has 1 aromatic heterocycles. The van der Waals surface area contributed by atoms with Crippen LogP contribution in [0.25, 0.3) is 16.9 Å². The minimum Gasteiger partial charge on any atom is -0.325 e. The first-order valence-corrected chi connectivity index (χ1v) is 11.7. The summed E-state index contributed by atoms with van der Waals surface area (Å²) in [6.45, 7) is 4.09. The summed E-state index contributed by atoms with van der Waals surface area (Å²) in [6, 6.07) is 24.3. The van der Waals surface area contributed by atoms with Gasteiger partial charge in [-0.2, -0.15) is 0 Å². The normalized spacial score (nSPS) is 10.8. The van der Waals surface area contributed by atoms with Gasteiger partial charge in [-0.25, -0.2) is 4.98 Å². The van der Waals surface area contributed by atoms with Crippen molar-refractivity contribution in [2.45, 2.75) is 19.0 Å². The maximum atomic E-state index is 12.5. The average Bonchev–Trinajstić information content (AvgIpc) is 3.19. The van der Waals surface area contributed by atoms with Crippen LogP contribution in [0.4, 0.5) is 5.69 Å². The number of thioether (sulfide) groups is 1. The Morgan fingerprint density at radius 3 is 2.19 bits per heavy atom. The first-order valence-electron chi connectivity index (χ1n) is 9.89. The third-order valence-corrected chi connectivity index (χ3v) is 6.31. The molecule has 0 fully saturated rings. The molecule has 0 aliphatic carbocycles. The Morgan fingerprint density at radius 1 is 0.935 bits per heavy atom. The molecule has 4 aromatic rings. The Bertz CT molecular complexity index is 1180. The van der Waals surface area contributed by atoms with E-state index in [1.54, 1.807) is 0 Å². The van der Waals surface area contributed by atoms with Crippen molar-refractivity contribution < 1.29 is 4.79 Å². The number of carbonyl (C=O) groups is 1. The third kappa shape index (κ3) is 5.27. The molecular formula is C25H22BrN3OS. The van der Waals surface area contributed by atoms with Crippen molar-refractivity contribution >= 4 is 39.3 Å².